The summed E-state index contributed by atoms with van der Waals surface area (Å²) < 4.78 is 11.8. The van der Waals surface area contributed by atoms with Gasteiger partial charge in [-0.15, -0.1) is 0 Å². The summed E-state index contributed by atoms with van der Waals surface area (Å²) in [7, 11) is 1.68. The summed E-state index contributed by atoms with van der Waals surface area (Å²) in [5, 5.41) is 9.38. The number of carboxylic acid groups (broad SMARTS) is 1. The summed E-state index contributed by atoms with van der Waals surface area (Å²) in [4.78, 5) is 15.8. The number of piperazine rings is 1. The maximum Gasteiger partial charge on any atom is 0.317 e. The third kappa shape index (κ3) is 5.50. The maximum atomic E-state index is 11.4. The molecule has 2 aliphatic rings. The van der Waals surface area contributed by atoms with Crippen molar-refractivity contribution in [1.29, 1.82) is 0 Å². The summed E-state index contributed by atoms with van der Waals surface area (Å²) >= 11 is 0. The molecule has 1 aliphatic carbocycles. The SMILES string of the molecule is COc1ccc(N2CCN(CC(=O)O)[C@@H](Cc3ccccc3)C2)cc1OC1CCCC1. The van der Waals surface area contributed by atoms with Crippen LogP contribution in [0.2, 0.25) is 0 Å². The molecule has 0 aromatic heterocycles. The van der Waals surface area contributed by atoms with E-state index in [1.165, 1.54) is 18.4 Å². The van der Waals surface area contributed by atoms with Crippen LogP contribution in [-0.2, 0) is 11.2 Å². The topological polar surface area (TPSA) is 62.2 Å². The average Bonchev–Trinajstić information content (AvgIpc) is 3.28. The molecule has 0 spiro atoms. The molecule has 1 N–H and O–H groups in total. The Balaban J connectivity index is 1.52. The second kappa shape index (κ2) is 10.1. The van der Waals surface area contributed by atoms with Gasteiger partial charge in [-0.3, -0.25) is 9.69 Å². The van der Waals surface area contributed by atoms with E-state index in [1.807, 2.05) is 24.3 Å². The summed E-state index contributed by atoms with van der Waals surface area (Å²) in [5.41, 5.74) is 2.33. The van der Waals surface area contributed by atoms with Crippen molar-refractivity contribution in [2.24, 2.45) is 0 Å². The van der Waals surface area contributed by atoms with Crippen LogP contribution in [0.5, 0.6) is 11.5 Å². The van der Waals surface area contributed by atoms with E-state index < -0.39 is 5.97 Å². The molecule has 166 valence electrons. The van der Waals surface area contributed by atoms with Gasteiger partial charge in [0, 0.05) is 37.4 Å². The Morgan fingerprint density at radius 3 is 2.55 bits per heavy atom. The minimum Gasteiger partial charge on any atom is -0.493 e. The predicted octanol–water partition coefficient (Wildman–Crippen LogP) is 3.83. The van der Waals surface area contributed by atoms with Gasteiger partial charge in [0.05, 0.1) is 19.8 Å². The third-order valence-corrected chi connectivity index (χ3v) is 6.37. The minimum absolute atomic E-state index is 0.0734. The number of rotatable bonds is 8. The van der Waals surface area contributed by atoms with Crippen molar-refractivity contribution in [1.82, 2.24) is 4.90 Å². The van der Waals surface area contributed by atoms with Crippen LogP contribution in [0.3, 0.4) is 0 Å². The quantitative estimate of drug-likeness (QED) is 0.695. The number of carbonyl (C=O) groups is 1. The lowest BCUT2D eigenvalue weighted by molar-refractivity contribution is -0.139. The van der Waals surface area contributed by atoms with Crippen molar-refractivity contribution in [3.05, 3.63) is 54.1 Å². The molecule has 2 aromatic carbocycles. The molecule has 1 atom stereocenters. The number of nitrogens with zero attached hydrogens (tertiary/aromatic N) is 2. The Bertz CT molecular complexity index is 867. The average molecular weight is 425 g/mol. The van der Waals surface area contributed by atoms with Crippen molar-refractivity contribution >= 4 is 11.7 Å². The zero-order valence-electron chi connectivity index (χ0n) is 18.2. The van der Waals surface area contributed by atoms with E-state index in [2.05, 4.69) is 34.1 Å². The molecule has 1 saturated carbocycles. The van der Waals surface area contributed by atoms with E-state index in [1.54, 1.807) is 7.11 Å². The van der Waals surface area contributed by atoms with Gasteiger partial charge < -0.3 is 19.5 Å². The highest BCUT2D eigenvalue weighted by Gasteiger charge is 2.29. The fraction of sp³-hybridized carbons (Fsp3) is 0.480. The highest BCUT2D eigenvalue weighted by atomic mass is 16.5. The van der Waals surface area contributed by atoms with Crippen LogP contribution in [0.4, 0.5) is 5.69 Å². The van der Waals surface area contributed by atoms with Crippen LogP contribution in [0.15, 0.2) is 48.5 Å². The van der Waals surface area contributed by atoms with Gasteiger partial charge in [-0.1, -0.05) is 30.3 Å². The number of hydrogen-bond acceptors (Lipinski definition) is 5. The second-order valence-corrected chi connectivity index (χ2v) is 8.51. The van der Waals surface area contributed by atoms with Crippen LogP contribution in [0.25, 0.3) is 0 Å². The number of hydrogen-bond donors (Lipinski definition) is 1. The van der Waals surface area contributed by atoms with E-state index in [4.69, 9.17) is 9.47 Å². The van der Waals surface area contributed by atoms with Crippen molar-refractivity contribution in [3.63, 3.8) is 0 Å². The van der Waals surface area contributed by atoms with E-state index in [9.17, 15) is 9.90 Å². The largest absolute Gasteiger partial charge is 0.493 e. The fourth-order valence-electron chi connectivity index (χ4n) is 4.73. The van der Waals surface area contributed by atoms with E-state index >= 15 is 0 Å². The zero-order valence-corrected chi connectivity index (χ0v) is 18.2. The molecule has 1 heterocycles. The van der Waals surface area contributed by atoms with Crippen molar-refractivity contribution in [2.45, 2.75) is 44.2 Å². The van der Waals surface area contributed by atoms with Gasteiger partial charge in [0.25, 0.3) is 0 Å². The molecule has 31 heavy (non-hydrogen) atoms. The number of methoxy groups -OCH3 is 1. The monoisotopic (exact) mass is 424 g/mol. The molecular formula is C25H32N2O4. The lowest BCUT2D eigenvalue weighted by atomic mass is 10.0. The Kier molecular flexibility index (Phi) is 6.97. The molecule has 2 aromatic rings. The Morgan fingerprint density at radius 2 is 1.84 bits per heavy atom. The van der Waals surface area contributed by atoms with E-state index in [-0.39, 0.29) is 18.7 Å². The summed E-state index contributed by atoms with van der Waals surface area (Å²) in [6.45, 7) is 2.35. The lowest BCUT2D eigenvalue weighted by Gasteiger charge is -2.42. The van der Waals surface area contributed by atoms with Gasteiger partial charge in [0.2, 0.25) is 0 Å². The van der Waals surface area contributed by atoms with Crippen LogP contribution in [0.1, 0.15) is 31.2 Å². The number of ether oxygens (including phenoxy) is 2. The molecular weight excluding hydrogens is 392 g/mol. The van der Waals surface area contributed by atoms with Gasteiger partial charge in [0.15, 0.2) is 11.5 Å². The van der Waals surface area contributed by atoms with Crippen LogP contribution in [0, 0.1) is 0 Å². The van der Waals surface area contributed by atoms with Crippen molar-refractivity contribution in [3.8, 4) is 11.5 Å². The summed E-state index contributed by atoms with van der Waals surface area (Å²) in [6.07, 6.45) is 5.73. The molecule has 6 heteroatoms. The highest BCUT2D eigenvalue weighted by molar-refractivity contribution is 5.69. The van der Waals surface area contributed by atoms with Crippen molar-refractivity contribution in [2.75, 3.05) is 38.2 Å². The normalized spacial score (nSPS) is 20.0. The van der Waals surface area contributed by atoms with Gasteiger partial charge in [-0.05, 0) is 49.8 Å². The highest BCUT2D eigenvalue weighted by Crippen LogP contribution is 2.35. The first-order chi connectivity index (χ1) is 15.1. The first kappa shape index (κ1) is 21.5. The van der Waals surface area contributed by atoms with Gasteiger partial charge in [-0.2, -0.15) is 0 Å². The van der Waals surface area contributed by atoms with Crippen molar-refractivity contribution < 1.29 is 19.4 Å². The number of carboxylic acids is 1. The third-order valence-electron chi connectivity index (χ3n) is 6.37. The first-order valence-electron chi connectivity index (χ1n) is 11.2. The number of anilines is 1. The summed E-state index contributed by atoms with van der Waals surface area (Å²) in [5.74, 6) is 0.795. The predicted molar refractivity (Wildman–Crippen MR) is 121 cm³/mol. The minimum atomic E-state index is -0.775. The molecule has 4 rings (SSSR count). The fourth-order valence-corrected chi connectivity index (χ4v) is 4.73. The molecule has 1 saturated heterocycles. The van der Waals surface area contributed by atoms with Gasteiger partial charge >= 0.3 is 5.97 Å². The molecule has 0 unspecified atom stereocenters. The first-order valence-corrected chi connectivity index (χ1v) is 11.2. The Hall–Kier alpha value is -2.73. The maximum absolute atomic E-state index is 11.4. The standard InChI is InChI=1S/C25H32N2O4/c1-30-23-12-11-20(16-24(23)31-22-9-5-6-10-22)26-13-14-27(18-25(28)29)21(17-26)15-19-7-3-2-4-8-19/h2-4,7-8,11-12,16,21-22H,5-6,9-10,13-15,17-18H2,1H3,(H,28,29)/t21-/m0/s1. The molecule has 1 aliphatic heterocycles. The molecule has 0 amide bonds. The molecule has 2 fully saturated rings. The summed E-state index contributed by atoms with van der Waals surface area (Å²) in [6, 6.07) is 16.6. The van der Waals surface area contributed by atoms with Crippen LogP contribution >= 0.6 is 0 Å². The Morgan fingerprint density at radius 1 is 1.06 bits per heavy atom. The van der Waals surface area contributed by atoms with Crippen LogP contribution < -0.4 is 14.4 Å². The molecule has 0 radical (unpaired) electrons. The van der Waals surface area contributed by atoms with Gasteiger partial charge in [-0.25, -0.2) is 0 Å². The molecule has 6 nitrogen and oxygen atoms in total. The Labute approximate surface area is 184 Å². The number of aliphatic carboxylic acids is 1. The number of benzene rings is 2. The lowest BCUT2D eigenvalue weighted by Crippen LogP contribution is -2.55. The van der Waals surface area contributed by atoms with E-state index in [0.717, 1.165) is 49.5 Å². The zero-order chi connectivity index (χ0) is 21.6. The molecule has 0 bridgehead atoms. The smallest absolute Gasteiger partial charge is 0.317 e. The second-order valence-electron chi connectivity index (χ2n) is 8.51. The van der Waals surface area contributed by atoms with Crippen LogP contribution in [-0.4, -0.2) is 61.4 Å². The van der Waals surface area contributed by atoms with Gasteiger partial charge in [0.1, 0.15) is 0 Å². The van der Waals surface area contributed by atoms with E-state index in [0.29, 0.717) is 6.54 Å².